The first-order valence-electron chi connectivity index (χ1n) is 13.2. The summed E-state index contributed by atoms with van der Waals surface area (Å²) in [6.07, 6.45) is 4.88. The molecule has 15 heteroatoms. The maximum atomic E-state index is 14.1. The average Bonchev–Trinajstić information content (AvgIpc) is 3.18. The third kappa shape index (κ3) is 5.85. The van der Waals surface area contributed by atoms with Gasteiger partial charge in [0.2, 0.25) is 15.9 Å². The Hall–Kier alpha value is -3.01. The van der Waals surface area contributed by atoms with Gasteiger partial charge in [0.1, 0.15) is 27.2 Å². The largest absolute Gasteiger partial charge is 0.497 e. The van der Waals surface area contributed by atoms with Crippen LogP contribution >= 0.6 is 11.3 Å². The van der Waals surface area contributed by atoms with E-state index < -0.39 is 37.8 Å². The summed E-state index contributed by atoms with van der Waals surface area (Å²) in [6.45, 7) is -0.0680. The lowest BCUT2D eigenvalue weighted by Crippen LogP contribution is -2.59. The van der Waals surface area contributed by atoms with E-state index in [0.717, 1.165) is 42.4 Å². The van der Waals surface area contributed by atoms with E-state index in [2.05, 4.69) is 14.4 Å². The highest BCUT2D eigenvalue weighted by molar-refractivity contribution is 7.91. The Morgan fingerprint density at radius 1 is 1.12 bits per heavy atom. The Balaban J connectivity index is 1.51. The molecule has 2 aliphatic heterocycles. The highest BCUT2D eigenvalue weighted by Gasteiger charge is 2.51. The lowest BCUT2D eigenvalue weighted by atomic mass is 9.77. The zero-order chi connectivity index (χ0) is 29.5. The first kappa shape index (κ1) is 29.5. The van der Waals surface area contributed by atoms with Crippen LogP contribution in [0.5, 0.6) is 11.5 Å². The van der Waals surface area contributed by atoms with Crippen LogP contribution < -0.4 is 19.5 Å². The van der Waals surface area contributed by atoms with Crippen LogP contribution in [0, 0.1) is 11.8 Å². The number of hydrogen-bond acceptors (Lipinski definition) is 10. The fourth-order valence-corrected chi connectivity index (χ4v) is 8.86. The Morgan fingerprint density at radius 3 is 2.59 bits per heavy atom. The normalized spacial score (nSPS) is 24.0. The van der Waals surface area contributed by atoms with Crippen LogP contribution in [0.3, 0.4) is 0 Å². The third-order valence-electron chi connectivity index (χ3n) is 7.73. The molecule has 2 aromatic rings. The summed E-state index contributed by atoms with van der Waals surface area (Å²) in [5.41, 5.74) is 0.955. The van der Waals surface area contributed by atoms with Crippen LogP contribution in [-0.4, -0.2) is 65.8 Å². The van der Waals surface area contributed by atoms with Crippen molar-refractivity contribution < 1.29 is 35.9 Å². The number of carbonyl (C=O) groups excluding carboxylic acids is 2. The second kappa shape index (κ2) is 11.3. The number of methoxy groups -OCH3 is 2. The van der Waals surface area contributed by atoms with Crippen molar-refractivity contribution >= 4 is 53.9 Å². The van der Waals surface area contributed by atoms with Crippen molar-refractivity contribution in [2.75, 3.05) is 25.8 Å². The lowest BCUT2D eigenvalue weighted by Gasteiger charge is -2.43. The number of likely N-dealkylation sites (tertiary alicyclic amines) is 1. The van der Waals surface area contributed by atoms with Crippen LogP contribution in [0.2, 0.25) is 0 Å². The van der Waals surface area contributed by atoms with E-state index in [1.54, 1.807) is 24.1 Å². The molecule has 5 rings (SSSR count). The molecule has 2 N–H and O–H groups in total. The van der Waals surface area contributed by atoms with Gasteiger partial charge in [-0.05, 0) is 30.4 Å². The van der Waals surface area contributed by atoms with E-state index in [9.17, 15) is 26.4 Å². The molecular formula is C26H32N4O8S3. The van der Waals surface area contributed by atoms with Crippen molar-refractivity contribution in [3.63, 3.8) is 0 Å². The first-order valence-corrected chi connectivity index (χ1v) is 17.4. The monoisotopic (exact) mass is 624 g/mol. The van der Waals surface area contributed by atoms with E-state index in [1.807, 2.05) is 6.07 Å². The van der Waals surface area contributed by atoms with Gasteiger partial charge in [0.15, 0.2) is 11.7 Å². The summed E-state index contributed by atoms with van der Waals surface area (Å²) in [6, 6.07) is 4.98. The second-order valence-electron chi connectivity index (χ2n) is 10.4. The Kier molecular flexibility index (Phi) is 8.16. The predicted molar refractivity (Wildman–Crippen MR) is 153 cm³/mol. The van der Waals surface area contributed by atoms with Crippen LogP contribution in [0.25, 0.3) is 0 Å². The van der Waals surface area contributed by atoms with Gasteiger partial charge in [0, 0.05) is 42.2 Å². The molecule has 0 bridgehead atoms. The number of nitrogens with zero attached hydrogens (tertiary/aromatic N) is 2. The van der Waals surface area contributed by atoms with Gasteiger partial charge in [0.25, 0.3) is 10.0 Å². The number of anilines is 1. The molecule has 2 fully saturated rings. The molecule has 0 radical (unpaired) electrons. The highest BCUT2D eigenvalue weighted by Crippen LogP contribution is 2.41. The van der Waals surface area contributed by atoms with Gasteiger partial charge >= 0.3 is 0 Å². The fourth-order valence-electron chi connectivity index (χ4n) is 5.79. The zero-order valence-corrected chi connectivity index (χ0v) is 25.3. The number of piperidine rings is 1. The zero-order valence-electron chi connectivity index (χ0n) is 22.9. The maximum Gasteiger partial charge on any atom is 0.287 e. The van der Waals surface area contributed by atoms with Crippen molar-refractivity contribution in [2.45, 2.75) is 56.1 Å². The third-order valence-corrected chi connectivity index (χ3v) is 10.9. The molecule has 3 unspecified atom stereocenters. The van der Waals surface area contributed by atoms with Gasteiger partial charge in [-0.2, -0.15) is 8.42 Å². The van der Waals surface area contributed by atoms with Gasteiger partial charge in [0.05, 0.1) is 20.5 Å². The van der Waals surface area contributed by atoms with E-state index >= 15 is 0 Å². The minimum atomic E-state index is -4.33. The number of thiophene rings is 1. The smallest absolute Gasteiger partial charge is 0.287 e. The molecule has 1 aliphatic carbocycles. The number of nitrogens with one attached hydrogen (secondary N) is 2. The number of sulfonamides is 2. The van der Waals surface area contributed by atoms with Crippen molar-refractivity contribution in [2.24, 2.45) is 16.2 Å². The summed E-state index contributed by atoms with van der Waals surface area (Å²) in [5, 5.41) is 4.64. The van der Waals surface area contributed by atoms with Crippen molar-refractivity contribution in [1.82, 2.24) is 9.62 Å². The maximum absolute atomic E-state index is 14.1. The van der Waals surface area contributed by atoms with E-state index in [-0.39, 0.29) is 46.2 Å². The topological polar surface area (TPSA) is 161 Å². The molecule has 1 saturated heterocycles. The number of Topliss-reactive ketones (excluding diaryl/α,β-unsaturated/α-hetero) is 1. The number of ether oxygens (including phenoxy) is 2. The molecule has 3 heterocycles. The number of benzene rings is 1. The number of fused-ring (bicyclic) bond motifs is 2. The molecule has 41 heavy (non-hydrogen) atoms. The van der Waals surface area contributed by atoms with Crippen LogP contribution in [0.4, 0.5) is 5.00 Å². The summed E-state index contributed by atoms with van der Waals surface area (Å²) < 4.78 is 66.9. The van der Waals surface area contributed by atoms with Crippen molar-refractivity contribution in [1.29, 1.82) is 0 Å². The molecule has 1 amide bonds. The molecule has 12 nitrogen and oxygen atoms in total. The summed E-state index contributed by atoms with van der Waals surface area (Å²) in [7, 11) is -4.82. The van der Waals surface area contributed by atoms with E-state index in [0.29, 0.717) is 24.3 Å². The van der Waals surface area contributed by atoms with Crippen LogP contribution in [0.1, 0.15) is 43.2 Å². The van der Waals surface area contributed by atoms with Gasteiger partial charge in [-0.25, -0.2) is 13.1 Å². The van der Waals surface area contributed by atoms with Crippen molar-refractivity contribution in [3.05, 3.63) is 34.7 Å². The Labute approximate surface area is 243 Å². The minimum Gasteiger partial charge on any atom is -0.497 e. The molecule has 3 atom stereocenters. The number of rotatable bonds is 8. The first-order chi connectivity index (χ1) is 19.4. The number of hydrogen-bond donors (Lipinski definition) is 2. The standard InChI is InChI=1S/C26H32N4O8S3/c1-37-17-10-9-15(20(11-17)38-2)13-30-19-8-6-4-5-7-18(19)22(31)21(26(30)32)24-28-25-23(41(35,36)29-24)16(14-39-25)12-27-40(3,33)34/h9-11,14,18-19,21,27H,4-8,12-13H2,1-3H3,(H,28,29). The summed E-state index contributed by atoms with van der Waals surface area (Å²) >= 11 is 1.04. The average molecular weight is 625 g/mol. The predicted octanol–water partition coefficient (Wildman–Crippen LogP) is 2.50. The Morgan fingerprint density at radius 2 is 1.88 bits per heavy atom. The van der Waals surface area contributed by atoms with E-state index in [4.69, 9.17) is 9.47 Å². The molecular weight excluding hydrogens is 593 g/mol. The molecule has 222 valence electrons. The lowest BCUT2D eigenvalue weighted by molar-refractivity contribution is -0.151. The van der Waals surface area contributed by atoms with Gasteiger partial charge in [-0.1, -0.05) is 19.3 Å². The van der Waals surface area contributed by atoms with Gasteiger partial charge < -0.3 is 19.7 Å². The minimum absolute atomic E-state index is 0.162. The molecule has 1 aromatic carbocycles. The van der Waals surface area contributed by atoms with Crippen molar-refractivity contribution in [3.8, 4) is 11.5 Å². The van der Waals surface area contributed by atoms with E-state index in [1.165, 1.54) is 12.5 Å². The van der Waals surface area contributed by atoms with Gasteiger partial charge in [-0.3, -0.25) is 9.59 Å². The Bertz CT molecular complexity index is 1620. The molecule has 1 saturated carbocycles. The van der Waals surface area contributed by atoms with Crippen LogP contribution in [-0.2, 0) is 42.7 Å². The fraction of sp³-hybridized carbons (Fsp3) is 0.500. The quantitative estimate of drug-likeness (QED) is 0.421. The van der Waals surface area contributed by atoms with Gasteiger partial charge in [-0.15, -0.1) is 15.7 Å². The van der Waals surface area contributed by atoms with Crippen LogP contribution in [0.15, 0.2) is 32.9 Å². The number of amides is 1. The number of carbonyl (C=O) groups is 2. The number of ketones is 1. The summed E-state index contributed by atoms with van der Waals surface area (Å²) in [5.74, 6) is -1.83. The summed E-state index contributed by atoms with van der Waals surface area (Å²) in [4.78, 5) is 29.5. The number of amidine groups is 1. The molecule has 3 aliphatic rings. The highest BCUT2D eigenvalue weighted by atomic mass is 32.2. The molecule has 0 spiro atoms. The SMILES string of the molecule is COc1ccc(CN2C(=O)C(C3=NS(=O)(=O)c4c(CNS(C)(=O)=O)csc4N3)C(=O)C3CCCCCC32)c(OC)c1. The second-order valence-corrected chi connectivity index (χ2v) is 14.6. The molecule has 1 aromatic heterocycles.